The molecule has 7 heavy (non-hydrogen) atoms. The second-order valence-corrected chi connectivity index (χ2v) is 1.84. The monoisotopic (exact) mass is 92.1 g/mol. The quantitative estimate of drug-likeness (QED) is 0.400. The molecule has 0 aromatic carbocycles. The van der Waals surface area contributed by atoms with Crippen molar-refractivity contribution in [3.8, 4) is 0 Å². The Morgan fingerprint density at radius 1 is 1.86 bits per heavy atom. The second-order valence-electron chi connectivity index (χ2n) is 1.84. The lowest BCUT2D eigenvalue weighted by molar-refractivity contribution is 0.916. The van der Waals surface area contributed by atoms with Crippen LogP contribution in [-0.4, -0.2) is 0 Å². The molecule has 0 aliphatic heterocycles. The van der Waals surface area contributed by atoms with Crippen molar-refractivity contribution in [3.63, 3.8) is 0 Å². The lowest BCUT2D eigenvalue weighted by atomic mass is 10.1. The highest BCUT2D eigenvalue weighted by Crippen LogP contribution is 2.14. The zero-order valence-corrected chi connectivity index (χ0v) is 4.44. The van der Waals surface area contributed by atoms with Gasteiger partial charge in [0.25, 0.3) is 0 Å². The molecule has 0 aromatic heterocycles. The lowest BCUT2D eigenvalue weighted by Crippen LogP contribution is -1.83. The van der Waals surface area contributed by atoms with E-state index < -0.39 is 0 Å². The smallest absolute Gasteiger partial charge is 0.00657 e. The van der Waals surface area contributed by atoms with Crippen LogP contribution >= 0.6 is 0 Å². The van der Waals surface area contributed by atoms with Gasteiger partial charge in [0.1, 0.15) is 0 Å². The van der Waals surface area contributed by atoms with Crippen LogP contribution in [0.4, 0.5) is 0 Å². The van der Waals surface area contributed by atoms with E-state index in [1.165, 1.54) is 5.57 Å². The average molecular weight is 92.1 g/mol. The van der Waals surface area contributed by atoms with Gasteiger partial charge < -0.3 is 0 Å². The summed E-state index contributed by atoms with van der Waals surface area (Å²) in [6, 6.07) is 0. The van der Waals surface area contributed by atoms with Crippen LogP contribution in [0.3, 0.4) is 0 Å². The van der Waals surface area contributed by atoms with Crippen molar-refractivity contribution in [2.45, 2.75) is 6.92 Å². The number of hydrogen-bond donors (Lipinski definition) is 0. The molecule has 1 unspecified atom stereocenters. The highest BCUT2D eigenvalue weighted by Gasteiger charge is 2.00. The fraction of sp³-hybridized carbons (Fsp3) is 0.286. The van der Waals surface area contributed by atoms with Gasteiger partial charge in [-0.2, -0.15) is 0 Å². The van der Waals surface area contributed by atoms with E-state index in [0.29, 0.717) is 5.92 Å². The molecule has 0 spiro atoms. The maximum atomic E-state index is 3.79. The van der Waals surface area contributed by atoms with Crippen molar-refractivity contribution in [2.75, 3.05) is 0 Å². The third-order valence-corrected chi connectivity index (χ3v) is 1.20. The van der Waals surface area contributed by atoms with Crippen LogP contribution in [0.1, 0.15) is 6.92 Å². The fourth-order valence-corrected chi connectivity index (χ4v) is 0.538. The molecule has 0 saturated heterocycles. The minimum atomic E-state index is 0.528. The third-order valence-electron chi connectivity index (χ3n) is 1.20. The first kappa shape index (κ1) is 4.42. The molecule has 0 aromatic rings. The molecular formula is C7H8. The van der Waals surface area contributed by atoms with E-state index >= 15 is 0 Å². The van der Waals surface area contributed by atoms with Crippen LogP contribution in [0.25, 0.3) is 0 Å². The van der Waals surface area contributed by atoms with E-state index in [0.717, 1.165) is 0 Å². The van der Waals surface area contributed by atoms with Crippen molar-refractivity contribution in [1.82, 2.24) is 0 Å². The van der Waals surface area contributed by atoms with Gasteiger partial charge in [0.15, 0.2) is 0 Å². The van der Waals surface area contributed by atoms with Gasteiger partial charge in [0.05, 0.1) is 0 Å². The molecule has 1 aliphatic rings. The Balaban J connectivity index is 2.79. The molecule has 0 nitrogen and oxygen atoms in total. The third kappa shape index (κ3) is 0.652. The SMILES string of the molecule is C=C1C=C=CC1C. The van der Waals surface area contributed by atoms with E-state index in [9.17, 15) is 0 Å². The van der Waals surface area contributed by atoms with Crippen LogP contribution in [0, 0.1) is 5.92 Å². The topological polar surface area (TPSA) is 0 Å². The Labute approximate surface area is 43.9 Å². The normalized spacial score (nSPS) is 27.0. The van der Waals surface area contributed by atoms with Crippen molar-refractivity contribution < 1.29 is 0 Å². The van der Waals surface area contributed by atoms with Crippen LogP contribution in [0.5, 0.6) is 0 Å². The van der Waals surface area contributed by atoms with Gasteiger partial charge in [0, 0.05) is 5.92 Å². The zero-order valence-electron chi connectivity index (χ0n) is 4.44. The first-order chi connectivity index (χ1) is 3.30. The molecule has 0 amide bonds. The summed E-state index contributed by atoms with van der Waals surface area (Å²) in [5.74, 6) is 0.528. The molecule has 0 heteroatoms. The summed E-state index contributed by atoms with van der Waals surface area (Å²) in [6.07, 6.45) is 3.94. The summed E-state index contributed by atoms with van der Waals surface area (Å²) in [5.41, 5.74) is 4.14. The van der Waals surface area contributed by atoms with Gasteiger partial charge in [-0.1, -0.05) is 13.5 Å². The second kappa shape index (κ2) is 1.40. The standard InChI is InChI=1S/C7H8/c1-6-4-3-5-7(6)2/h4-5,7H,1H2,2H3. The summed E-state index contributed by atoms with van der Waals surface area (Å²) in [4.78, 5) is 0. The van der Waals surface area contributed by atoms with Gasteiger partial charge in [-0.25, -0.2) is 0 Å². The van der Waals surface area contributed by atoms with Crippen LogP contribution in [0.15, 0.2) is 30.0 Å². The van der Waals surface area contributed by atoms with E-state index in [4.69, 9.17) is 0 Å². The van der Waals surface area contributed by atoms with Crippen molar-refractivity contribution >= 4 is 0 Å². The van der Waals surface area contributed by atoms with Crippen molar-refractivity contribution in [3.05, 3.63) is 30.0 Å². The Bertz CT molecular complexity index is 145. The summed E-state index contributed by atoms with van der Waals surface area (Å²) in [5, 5.41) is 0. The van der Waals surface area contributed by atoms with Gasteiger partial charge in [0.2, 0.25) is 0 Å². The maximum absolute atomic E-state index is 3.79. The minimum Gasteiger partial charge on any atom is -0.124 e. The first-order valence-corrected chi connectivity index (χ1v) is 2.42. The minimum absolute atomic E-state index is 0.528. The summed E-state index contributed by atoms with van der Waals surface area (Å²) in [6.45, 7) is 5.90. The largest absolute Gasteiger partial charge is 0.124 e. The maximum Gasteiger partial charge on any atom is 0.00657 e. The highest BCUT2D eigenvalue weighted by atomic mass is 14.0. The Hall–Kier alpha value is -0.740. The van der Waals surface area contributed by atoms with Crippen LogP contribution in [-0.2, 0) is 0 Å². The Kier molecular flexibility index (Phi) is 0.883. The first-order valence-electron chi connectivity index (χ1n) is 2.42. The molecule has 0 N–H and O–H groups in total. The number of rotatable bonds is 0. The summed E-state index contributed by atoms with van der Waals surface area (Å²) >= 11 is 0. The van der Waals surface area contributed by atoms with Crippen molar-refractivity contribution in [2.24, 2.45) is 5.92 Å². The van der Waals surface area contributed by atoms with Crippen LogP contribution < -0.4 is 0 Å². The van der Waals surface area contributed by atoms with Crippen LogP contribution in [0.2, 0.25) is 0 Å². The van der Waals surface area contributed by atoms with E-state index in [1.54, 1.807) is 0 Å². The molecule has 1 rings (SSSR count). The number of allylic oxidation sites excluding steroid dienone is 2. The molecule has 0 heterocycles. The van der Waals surface area contributed by atoms with Crippen molar-refractivity contribution in [1.29, 1.82) is 0 Å². The van der Waals surface area contributed by atoms with E-state index in [2.05, 4.69) is 19.2 Å². The zero-order chi connectivity index (χ0) is 5.28. The van der Waals surface area contributed by atoms with Gasteiger partial charge >= 0.3 is 0 Å². The molecule has 0 saturated carbocycles. The van der Waals surface area contributed by atoms with Gasteiger partial charge in [-0.15, -0.1) is 5.73 Å². The summed E-state index contributed by atoms with van der Waals surface area (Å²) < 4.78 is 0. The molecule has 36 valence electrons. The number of hydrogen-bond acceptors (Lipinski definition) is 0. The molecule has 0 radical (unpaired) electrons. The molecular weight excluding hydrogens is 84.1 g/mol. The predicted octanol–water partition coefficient (Wildman–Crippen LogP) is 1.90. The lowest BCUT2D eigenvalue weighted by Gasteiger charge is -1.94. The van der Waals surface area contributed by atoms with E-state index in [-0.39, 0.29) is 0 Å². The Morgan fingerprint density at radius 2 is 2.57 bits per heavy atom. The highest BCUT2D eigenvalue weighted by molar-refractivity contribution is 5.26. The predicted molar refractivity (Wildman–Crippen MR) is 31.0 cm³/mol. The molecule has 1 atom stereocenters. The van der Waals surface area contributed by atoms with E-state index in [1.807, 2.05) is 12.2 Å². The fourth-order valence-electron chi connectivity index (χ4n) is 0.538. The molecule has 0 bridgehead atoms. The average Bonchev–Trinajstić information content (AvgIpc) is 1.91. The summed E-state index contributed by atoms with van der Waals surface area (Å²) in [7, 11) is 0. The molecule has 1 aliphatic carbocycles. The Morgan fingerprint density at radius 3 is 2.71 bits per heavy atom. The van der Waals surface area contributed by atoms with Gasteiger partial charge in [-0.05, 0) is 17.7 Å². The molecule has 0 fully saturated rings. The van der Waals surface area contributed by atoms with Gasteiger partial charge in [-0.3, -0.25) is 0 Å².